The number of benzene rings is 3. The Morgan fingerprint density at radius 2 is 1.54 bits per heavy atom. The van der Waals surface area contributed by atoms with Crippen molar-refractivity contribution in [1.82, 2.24) is 10.2 Å². The van der Waals surface area contributed by atoms with Gasteiger partial charge in [0.2, 0.25) is 11.8 Å². The van der Waals surface area contributed by atoms with Crippen molar-refractivity contribution >= 4 is 27.5 Å². The van der Waals surface area contributed by atoms with Gasteiger partial charge in [0, 0.05) is 13.6 Å². The molecule has 0 spiro atoms. The average molecular weight is 498 g/mol. The summed E-state index contributed by atoms with van der Waals surface area (Å²) in [6.45, 7) is 2.80. The van der Waals surface area contributed by atoms with Crippen LogP contribution < -0.4 is 9.62 Å². The highest BCUT2D eigenvalue weighted by Crippen LogP contribution is 2.27. The van der Waals surface area contributed by atoms with Crippen molar-refractivity contribution in [1.29, 1.82) is 0 Å². The molecule has 2 amide bonds. The molecule has 3 rings (SSSR count). The maximum Gasteiger partial charge on any atom is 0.264 e. The number of likely N-dealkylation sites (N-methyl/N-ethyl adjacent to an activating group) is 1. The topological polar surface area (TPSA) is 86.8 Å². The number of anilines is 1. The van der Waals surface area contributed by atoms with Gasteiger partial charge in [-0.05, 0) is 55.3 Å². The number of carbonyl (C=O) groups excluding carboxylic acids is 2. The van der Waals surface area contributed by atoms with Gasteiger partial charge in [0.15, 0.2) is 0 Å². The van der Waals surface area contributed by atoms with Gasteiger partial charge in [0.25, 0.3) is 10.0 Å². The fourth-order valence-corrected chi connectivity index (χ4v) is 5.15. The molecule has 0 heterocycles. The third kappa shape index (κ3) is 6.05. The smallest absolute Gasteiger partial charge is 0.264 e. The molecule has 9 heteroatoms. The van der Waals surface area contributed by atoms with Gasteiger partial charge in [0.05, 0.1) is 10.6 Å². The van der Waals surface area contributed by atoms with E-state index in [0.717, 1.165) is 4.31 Å². The van der Waals surface area contributed by atoms with Crippen LogP contribution in [0, 0.1) is 12.7 Å². The second-order valence-electron chi connectivity index (χ2n) is 8.05. The van der Waals surface area contributed by atoms with Crippen LogP contribution in [0.25, 0.3) is 0 Å². The van der Waals surface area contributed by atoms with Crippen molar-refractivity contribution in [3.05, 3.63) is 95.8 Å². The fraction of sp³-hybridized carbons (Fsp3) is 0.231. The number of sulfonamides is 1. The maximum atomic E-state index is 13.6. The molecule has 7 nitrogen and oxygen atoms in total. The lowest BCUT2D eigenvalue weighted by Gasteiger charge is -2.32. The Kier molecular flexibility index (Phi) is 8.24. The minimum absolute atomic E-state index is 0.000691. The minimum atomic E-state index is -4.10. The van der Waals surface area contributed by atoms with Crippen molar-refractivity contribution in [3.8, 4) is 0 Å². The Morgan fingerprint density at radius 3 is 2.14 bits per heavy atom. The zero-order chi connectivity index (χ0) is 25.6. The molecule has 0 unspecified atom stereocenters. The lowest BCUT2D eigenvalue weighted by atomic mass is 10.1. The average Bonchev–Trinajstić information content (AvgIpc) is 2.86. The number of hydrogen-bond acceptors (Lipinski definition) is 4. The minimum Gasteiger partial charge on any atom is -0.357 e. The predicted octanol–water partition coefficient (Wildman–Crippen LogP) is 3.49. The standard InChI is InChI=1S/C26H28FN3O4S/c1-19-9-7-8-12-24(19)30(35(33,34)23-10-5-4-6-11-23)18-25(31)29(20(2)26(32)28-3)17-21-13-15-22(27)16-14-21/h4-16,20H,17-18H2,1-3H3,(H,28,32)/t20-/m0/s1. The Morgan fingerprint density at radius 1 is 0.943 bits per heavy atom. The van der Waals surface area contributed by atoms with E-state index in [-0.39, 0.29) is 11.4 Å². The Bertz CT molecular complexity index is 1280. The Hall–Kier alpha value is -3.72. The van der Waals surface area contributed by atoms with E-state index in [1.165, 1.54) is 48.3 Å². The first-order valence-electron chi connectivity index (χ1n) is 11.0. The van der Waals surface area contributed by atoms with E-state index in [0.29, 0.717) is 16.8 Å². The maximum absolute atomic E-state index is 13.6. The van der Waals surface area contributed by atoms with Crippen LogP contribution in [0.5, 0.6) is 0 Å². The van der Waals surface area contributed by atoms with Crippen LogP contribution in [-0.2, 0) is 26.2 Å². The summed E-state index contributed by atoms with van der Waals surface area (Å²) < 4.78 is 41.7. The summed E-state index contributed by atoms with van der Waals surface area (Å²) in [6.07, 6.45) is 0. The Labute approximate surface area is 205 Å². The fourth-order valence-electron chi connectivity index (χ4n) is 3.65. The summed E-state index contributed by atoms with van der Waals surface area (Å²) in [5.74, 6) is -1.41. The van der Waals surface area contributed by atoms with Crippen molar-refractivity contribution in [2.24, 2.45) is 0 Å². The van der Waals surface area contributed by atoms with Crippen LogP contribution >= 0.6 is 0 Å². The third-order valence-electron chi connectivity index (χ3n) is 5.67. The molecule has 1 atom stereocenters. The summed E-state index contributed by atoms with van der Waals surface area (Å²) in [4.78, 5) is 27.4. The van der Waals surface area contributed by atoms with Crippen LogP contribution in [-0.4, -0.2) is 44.8 Å². The zero-order valence-corrected chi connectivity index (χ0v) is 20.6. The summed E-state index contributed by atoms with van der Waals surface area (Å²) in [5.41, 5.74) is 1.63. The normalized spacial score (nSPS) is 12.0. The molecule has 0 bridgehead atoms. The predicted molar refractivity (Wildman–Crippen MR) is 133 cm³/mol. The van der Waals surface area contributed by atoms with E-state index >= 15 is 0 Å². The van der Waals surface area contributed by atoms with E-state index in [1.54, 1.807) is 56.3 Å². The first-order chi connectivity index (χ1) is 16.6. The summed E-state index contributed by atoms with van der Waals surface area (Å²) in [5, 5.41) is 2.52. The number of amides is 2. The number of hydrogen-bond donors (Lipinski definition) is 1. The van der Waals surface area contributed by atoms with Gasteiger partial charge in [-0.1, -0.05) is 48.5 Å². The third-order valence-corrected chi connectivity index (χ3v) is 7.45. The first kappa shape index (κ1) is 25.9. The monoisotopic (exact) mass is 497 g/mol. The van der Waals surface area contributed by atoms with Crippen molar-refractivity contribution in [3.63, 3.8) is 0 Å². The van der Waals surface area contributed by atoms with Crippen molar-refractivity contribution < 1.29 is 22.4 Å². The van der Waals surface area contributed by atoms with Crippen molar-refractivity contribution in [2.45, 2.75) is 31.3 Å². The Balaban J connectivity index is 2.03. The van der Waals surface area contributed by atoms with Gasteiger partial charge in [-0.25, -0.2) is 12.8 Å². The summed E-state index contributed by atoms with van der Waals surface area (Å²) in [6, 6.07) is 19.4. The number of para-hydroxylation sites is 1. The summed E-state index contributed by atoms with van der Waals surface area (Å²) >= 11 is 0. The molecule has 3 aromatic rings. The molecule has 0 radical (unpaired) electrons. The molecule has 0 saturated heterocycles. The van der Waals surface area contributed by atoms with Gasteiger partial charge in [-0.15, -0.1) is 0 Å². The second kappa shape index (κ2) is 11.1. The van der Waals surface area contributed by atoms with Crippen LogP contribution in [0.1, 0.15) is 18.1 Å². The molecule has 0 aromatic heterocycles. The van der Waals surface area contributed by atoms with Gasteiger partial charge in [0.1, 0.15) is 18.4 Å². The van der Waals surface area contributed by atoms with Gasteiger partial charge in [-0.2, -0.15) is 0 Å². The number of halogens is 1. The largest absolute Gasteiger partial charge is 0.357 e. The SMILES string of the molecule is CNC(=O)[C@H](C)N(Cc1ccc(F)cc1)C(=O)CN(c1ccccc1C)S(=O)(=O)c1ccccc1. The molecule has 35 heavy (non-hydrogen) atoms. The van der Waals surface area contributed by atoms with E-state index < -0.39 is 40.2 Å². The van der Waals surface area contributed by atoms with Crippen LogP contribution in [0.15, 0.2) is 83.8 Å². The van der Waals surface area contributed by atoms with E-state index in [9.17, 15) is 22.4 Å². The molecule has 3 aromatic carbocycles. The van der Waals surface area contributed by atoms with E-state index in [2.05, 4.69) is 5.32 Å². The molecule has 0 aliphatic carbocycles. The van der Waals surface area contributed by atoms with E-state index in [1.807, 2.05) is 0 Å². The summed E-state index contributed by atoms with van der Waals surface area (Å²) in [7, 11) is -2.64. The number of nitrogens with zero attached hydrogens (tertiary/aromatic N) is 2. The lowest BCUT2D eigenvalue weighted by molar-refractivity contribution is -0.139. The molecule has 0 aliphatic rings. The highest BCUT2D eigenvalue weighted by molar-refractivity contribution is 7.92. The van der Waals surface area contributed by atoms with Crippen LogP contribution in [0.2, 0.25) is 0 Å². The molecule has 1 N–H and O–H groups in total. The molecule has 0 fully saturated rings. The molecular weight excluding hydrogens is 469 g/mol. The van der Waals surface area contributed by atoms with Gasteiger partial charge >= 0.3 is 0 Å². The zero-order valence-electron chi connectivity index (χ0n) is 19.8. The molecule has 0 aliphatic heterocycles. The number of nitrogens with one attached hydrogen (secondary N) is 1. The van der Waals surface area contributed by atoms with Gasteiger partial charge in [-0.3, -0.25) is 13.9 Å². The quantitative estimate of drug-likeness (QED) is 0.490. The number of carbonyl (C=O) groups is 2. The van der Waals surface area contributed by atoms with Crippen LogP contribution in [0.3, 0.4) is 0 Å². The molecule has 184 valence electrons. The first-order valence-corrected chi connectivity index (χ1v) is 12.5. The van der Waals surface area contributed by atoms with E-state index in [4.69, 9.17) is 0 Å². The highest BCUT2D eigenvalue weighted by atomic mass is 32.2. The highest BCUT2D eigenvalue weighted by Gasteiger charge is 2.32. The van der Waals surface area contributed by atoms with Crippen molar-refractivity contribution in [2.75, 3.05) is 17.9 Å². The molecular formula is C26H28FN3O4S. The second-order valence-corrected chi connectivity index (χ2v) is 9.91. The molecule has 0 saturated carbocycles. The number of rotatable bonds is 9. The lowest BCUT2D eigenvalue weighted by Crippen LogP contribution is -2.50. The van der Waals surface area contributed by atoms with Gasteiger partial charge < -0.3 is 10.2 Å². The number of aryl methyl sites for hydroxylation is 1. The van der Waals surface area contributed by atoms with Crippen LogP contribution in [0.4, 0.5) is 10.1 Å².